The number of hydrogen-bond acceptors (Lipinski definition) is 5. The lowest BCUT2D eigenvalue weighted by atomic mass is 9.99. The number of aromatic amines is 1. The third-order valence-electron chi connectivity index (χ3n) is 4.09. The number of H-pyrrole nitrogens is 1. The highest BCUT2D eigenvalue weighted by Gasteiger charge is 2.36. The van der Waals surface area contributed by atoms with E-state index in [1.54, 1.807) is 0 Å². The molecular formula is C14H15BrClN5O. The molecule has 0 bridgehead atoms. The van der Waals surface area contributed by atoms with Gasteiger partial charge >= 0.3 is 0 Å². The summed E-state index contributed by atoms with van der Waals surface area (Å²) in [5, 5.41) is 12.3. The van der Waals surface area contributed by atoms with Crippen molar-refractivity contribution >= 4 is 39.2 Å². The van der Waals surface area contributed by atoms with Crippen LogP contribution < -0.4 is 5.73 Å². The molecule has 3 N–H and O–H groups in total. The first-order chi connectivity index (χ1) is 10.2. The van der Waals surface area contributed by atoms with Gasteiger partial charge in [-0.1, -0.05) is 33.9 Å². The molecule has 0 amide bonds. The number of halogens is 2. The predicted molar refractivity (Wildman–Crippen MR) is 88.7 cm³/mol. The van der Waals surface area contributed by atoms with E-state index in [1.165, 1.54) is 0 Å². The van der Waals surface area contributed by atoms with Crippen LogP contribution in [-0.4, -0.2) is 20.3 Å². The van der Waals surface area contributed by atoms with Crippen LogP contribution in [-0.2, 0) is 5.54 Å². The average molecular weight is 385 g/mol. The van der Waals surface area contributed by atoms with Crippen molar-refractivity contribution in [3.8, 4) is 11.6 Å². The maximum absolute atomic E-state index is 6.36. The van der Waals surface area contributed by atoms with Crippen LogP contribution in [0.1, 0.15) is 31.5 Å². The normalized spacial score (nSPS) is 16.8. The van der Waals surface area contributed by atoms with Gasteiger partial charge in [-0.2, -0.15) is 10.1 Å². The lowest BCUT2D eigenvalue weighted by Crippen LogP contribution is -2.34. The van der Waals surface area contributed by atoms with E-state index in [0.29, 0.717) is 17.4 Å². The molecule has 0 spiro atoms. The molecule has 2 heterocycles. The Balaban J connectivity index is 0.00000144. The van der Waals surface area contributed by atoms with Gasteiger partial charge in [0.05, 0.1) is 11.1 Å². The van der Waals surface area contributed by atoms with Gasteiger partial charge in [-0.25, -0.2) is 0 Å². The SMILES string of the molecule is Cl.NC1(c2noc(-c3n[nH]c4ccc(Br)cc34)n2)CCCC1. The monoisotopic (exact) mass is 383 g/mol. The molecule has 116 valence electrons. The Morgan fingerprint density at radius 2 is 2.05 bits per heavy atom. The summed E-state index contributed by atoms with van der Waals surface area (Å²) in [5.74, 6) is 0.993. The van der Waals surface area contributed by atoms with E-state index >= 15 is 0 Å². The second-order valence-electron chi connectivity index (χ2n) is 5.55. The summed E-state index contributed by atoms with van der Waals surface area (Å²) < 4.78 is 6.37. The van der Waals surface area contributed by atoms with Gasteiger partial charge in [-0.05, 0) is 31.0 Å². The number of nitrogens with one attached hydrogen (secondary N) is 1. The third-order valence-corrected chi connectivity index (χ3v) is 4.59. The van der Waals surface area contributed by atoms with Gasteiger partial charge in [0, 0.05) is 9.86 Å². The van der Waals surface area contributed by atoms with Gasteiger partial charge in [0.25, 0.3) is 5.89 Å². The number of fused-ring (bicyclic) bond motifs is 1. The van der Waals surface area contributed by atoms with Crippen molar-refractivity contribution in [2.24, 2.45) is 5.73 Å². The van der Waals surface area contributed by atoms with Crippen molar-refractivity contribution in [1.82, 2.24) is 20.3 Å². The van der Waals surface area contributed by atoms with Crippen molar-refractivity contribution < 1.29 is 4.52 Å². The summed E-state index contributed by atoms with van der Waals surface area (Å²) in [6.07, 6.45) is 4.02. The van der Waals surface area contributed by atoms with Crippen molar-refractivity contribution in [2.75, 3.05) is 0 Å². The summed E-state index contributed by atoms with van der Waals surface area (Å²) >= 11 is 3.46. The topological polar surface area (TPSA) is 93.6 Å². The Morgan fingerprint density at radius 3 is 2.82 bits per heavy atom. The molecule has 0 unspecified atom stereocenters. The van der Waals surface area contributed by atoms with Crippen molar-refractivity contribution in [2.45, 2.75) is 31.2 Å². The zero-order valence-corrected chi connectivity index (χ0v) is 14.1. The van der Waals surface area contributed by atoms with Gasteiger partial charge in [0.1, 0.15) is 0 Å². The van der Waals surface area contributed by atoms with E-state index in [0.717, 1.165) is 41.1 Å². The van der Waals surface area contributed by atoms with Crippen LogP contribution in [0.3, 0.4) is 0 Å². The standard InChI is InChI=1S/C14H14BrN5O.ClH/c15-8-3-4-10-9(7-8)11(19-18-10)12-17-13(20-21-12)14(16)5-1-2-6-14;/h3-4,7H,1-2,5-6,16H2,(H,18,19);1H. The van der Waals surface area contributed by atoms with E-state index in [9.17, 15) is 0 Å². The molecule has 8 heteroatoms. The summed E-state index contributed by atoms with van der Waals surface area (Å²) in [6.45, 7) is 0. The van der Waals surface area contributed by atoms with Gasteiger partial charge in [-0.15, -0.1) is 12.4 Å². The van der Waals surface area contributed by atoms with Crippen LogP contribution in [0.5, 0.6) is 0 Å². The third kappa shape index (κ3) is 2.43. The van der Waals surface area contributed by atoms with Crippen molar-refractivity contribution in [1.29, 1.82) is 0 Å². The molecule has 0 atom stereocenters. The fourth-order valence-corrected chi connectivity index (χ4v) is 3.26. The molecule has 1 aliphatic carbocycles. The smallest absolute Gasteiger partial charge is 0.279 e. The largest absolute Gasteiger partial charge is 0.332 e. The Morgan fingerprint density at radius 1 is 1.27 bits per heavy atom. The molecule has 22 heavy (non-hydrogen) atoms. The van der Waals surface area contributed by atoms with E-state index in [2.05, 4.69) is 36.3 Å². The molecule has 0 saturated heterocycles. The first-order valence-corrected chi connectivity index (χ1v) is 7.72. The minimum atomic E-state index is -0.450. The van der Waals surface area contributed by atoms with Gasteiger partial charge in [0.2, 0.25) is 0 Å². The minimum Gasteiger partial charge on any atom is -0.332 e. The van der Waals surface area contributed by atoms with Gasteiger partial charge in [-0.3, -0.25) is 5.10 Å². The maximum atomic E-state index is 6.36. The lowest BCUT2D eigenvalue weighted by molar-refractivity contribution is 0.372. The molecular weight excluding hydrogens is 370 g/mol. The molecule has 2 aromatic heterocycles. The van der Waals surface area contributed by atoms with Crippen molar-refractivity contribution in [3.05, 3.63) is 28.5 Å². The molecule has 1 aliphatic rings. The van der Waals surface area contributed by atoms with Gasteiger partial charge in [0.15, 0.2) is 11.5 Å². The predicted octanol–water partition coefficient (Wildman–Crippen LogP) is 3.53. The van der Waals surface area contributed by atoms with E-state index in [-0.39, 0.29) is 12.4 Å². The Kier molecular flexibility index (Phi) is 3.96. The van der Waals surface area contributed by atoms with Crippen LogP contribution in [0, 0.1) is 0 Å². The number of rotatable bonds is 2. The molecule has 1 aromatic carbocycles. The summed E-state index contributed by atoms with van der Waals surface area (Å²) in [7, 11) is 0. The molecule has 1 saturated carbocycles. The number of nitrogens with two attached hydrogens (primary N) is 1. The number of nitrogens with zero attached hydrogens (tertiary/aromatic N) is 3. The molecule has 0 radical (unpaired) electrons. The van der Waals surface area contributed by atoms with Gasteiger partial charge < -0.3 is 10.3 Å². The summed E-state index contributed by atoms with van der Waals surface area (Å²) in [6, 6.07) is 5.89. The summed E-state index contributed by atoms with van der Waals surface area (Å²) in [4.78, 5) is 4.49. The van der Waals surface area contributed by atoms with Crippen LogP contribution in [0.4, 0.5) is 0 Å². The van der Waals surface area contributed by atoms with Crippen LogP contribution in [0.25, 0.3) is 22.5 Å². The number of benzene rings is 1. The number of aromatic nitrogens is 4. The molecule has 6 nitrogen and oxygen atoms in total. The highest BCUT2D eigenvalue weighted by atomic mass is 79.9. The van der Waals surface area contributed by atoms with E-state index < -0.39 is 5.54 Å². The fourth-order valence-electron chi connectivity index (χ4n) is 2.90. The fraction of sp³-hybridized carbons (Fsp3) is 0.357. The quantitative estimate of drug-likeness (QED) is 0.705. The first kappa shape index (κ1) is 15.5. The Labute approximate surface area is 141 Å². The zero-order valence-electron chi connectivity index (χ0n) is 11.7. The second kappa shape index (κ2) is 5.64. The lowest BCUT2D eigenvalue weighted by Gasteiger charge is -2.17. The van der Waals surface area contributed by atoms with Crippen LogP contribution in [0.2, 0.25) is 0 Å². The zero-order chi connectivity index (χ0) is 14.4. The number of hydrogen-bond donors (Lipinski definition) is 2. The van der Waals surface area contributed by atoms with Crippen LogP contribution >= 0.6 is 28.3 Å². The van der Waals surface area contributed by atoms with Crippen molar-refractivity contribution in [3.63, 3.8) is 0 Å². The highest BCUT2D eigenvalue weighted by Crippen LogP contribution is 2.36. The van der Waals surface area contributed by atoms with E-state index in [1.807, 2.05) is 18.2 Å². The molecule has 1 fully saturated rings. The maximum Gasteiger partial charge on any atom is 0.279 e. The minimum absolute atomic E-state index is 0. The summed E-state index contributed by atoms with van der Waals surface area (Å²) in [5.41, 5.74) is 7.50. The average Bonchev–Trinajstić information content (AvgIpc) is 3.16. The second-order valence-corrected chi connectivity index (χ2v) is 6.46. The molecule has 3 aromatic rings. The first-order valence-electron chi connectivity index (χ1n) is 6.93. The molecule has 0 aliphatic heterocycles. The Bertz CT molecular complexity index is 809. The van der Waals surface area contributed by atoms with E-state index in [4.69, 9.17) is 10.3 Å². The van der Waals surface area contributed by atoms with Crippen LogP contribution in [0.15, 0.2) is 27.2 Å². The highest BCUT2D eigenvalue weighted by molar-refractivity contribution is 9.10. The Hall–Kier alpha value is -1.44. The molecule has 4 rings (SSSR count).